The van der Waals surface area contributed by atoms with Crippen LogP contribution in [0.1, 0.15) is 11.6 Å². The monoisotopic (exact) mass is 200 g/mol. The molecule has 0 saturated carbocycles. The molecule has 1 heterocycles. The lowest BCUT2D eigenvalue weighted by molar-refractivity contribution is 0.281. The van der Waals surface area contributed by atoms with Crippen LogP contribution in [0.25, 0.3) is 0 Å². The average molecular weight is 201 g/mol. The Morgan fingerprint density at radius 1 is 1.77 bits per heavy atom. The number of aliphatic hydroxyl groups is 1. The number of pyridine rings is 1. The fourth-order valence-corrected chi connectivity index (χ4v) is 1.01. The molecule has 0 aliphatic heterocycles. The number of hydrogen-bond acceptors (Lipinski definition) is 3. The summed E-state index contributed by atoms with van der Waals surface area (Å²) in [5, 5.41) is 17.4. The van der Waals surface area contributed by atoms with Crippen LogP contribution >= 0.6 is 11.6 Å². The predicted molar refractivity (Wildman–Crippen MR) is 44.6 cm³/mol. The van der Waals surface area contributed by atoms with Gasteiger partial charge in [-0.2, -0.15) is 5.26 Å². The van der Waals surface area contributed by atoms with Gasteiger partial charge in [-0.1, -0.05) is 11.6 Å². The topological polar surface area (TPSA) is 56.9 Å². The van der Waals surface area contributed by atoms with Gasteiger partial charge in [-0.3, -0.25) is 4.98 Å². The molecule has 1 aromatic rings. The summed E-state index contributed by atoms with van der Waals surface area (Å²) in [5.41, 5.74) is -0.0746. The van der Waals surface area contributed by atoms with Crippen molar-refractivity contribution in [1.29, 1.82) is 5.26 Å². The van der Waals surface area contributed by atoms with Crippen LogP contribution in [0, 0.1) is 17.1 Å². The van der Waals surface area contributed by atoms with Crippen molar-refractivity contribution in [3.05, 3.63) is 28.8 Å². The average Bonchev–Trinajstić information content (AvgIpc) is 2.10. The summed E-state index contributed by atoms with van der Waals surface area (Å²) in [5.74, 6) is -1.61. The second kappa shape index (κ2) is 4.17. The fraction of sp³-hybridized carbons (Fsp3) is 0.250. The molecule has 0 spiro atoms. The summed E-state index contributed by atoms with van der Waals surface area (Å²) in [6.07, 6.45) is 1.24. The molecule has 1 aromatic heterocycles. The van der Waals surface area contributed by atoms with E-state index < -0.39 is 18.3 Å². The van der Waals surface area contributed by atoms with Crippen LogP contribution < -0.4 is 0 Å². The van der Waals surface area contributed by atoms with E-state index in [4.69, 9.17) is 22.0 Å². The van der Waals surface area contributed by atoms with Crippen molar-refractivity contribution in [2.45, 2.75) is 5.92 Å². The zero-order valence-corrected chi connectivity index (χ0v) is 7.29. The molecular formula is C8H6ClFN2O. The molecule has 0 aliphatic carbocycles. The van der Waals surface area contributed by atoms with Crippen LogP contribution in [0.5, 0.6) is 0 Å². The van der Waals surface area contributed by atoms with Gasteiger partial charge >= 0.3 is 0 Å². The maximum atomic E-state index is 13.1. The number of rotatable bonds is 2. The molecule has 0 radical (unpaired) electrons. The molecule has 68 valence electrons. The molecule has 3 nitrogen and oxygen atoms in total. The first-order chi connectivity index (χ1) is 6.19. The largest absolute Gasteiger partial charge is 0.395 e. The Balaban J connectivity index is 3.09. The Morgan fingerprint density at radius 2 is 2.46 bits per heavy atom. The van der Waals surface area contributed by atoms with E-state index >= 15 is 0 Å². The van der Waals surface area contributed by atoms with E-state index in [9.17, 15) is 4.39 Å². The molecule has 1 unspecified atom stereocenters. The number of aromatic nitrogens is 1. The lowest BCUT2D eigenvalue weighted by atomic mass is 10.1. The normalized spacial score (nSPS) is 12.2. The molecule has 0 bridgehead atoms. The number of hydrogen-bond donors (Lipinski definition) is 1. The molecule has 0 aromatic carbocycles. The van der Waals surface area contributed by atoms with E-state index in [0.717, 1.165) is 6.07 Å². The van der Waals surface area contributed by atoms with Gasteiger partial charge in [0.1, 0.15) is 11.7 Å². The van der Waals surface area contributed by atoms with E-state index in [1.807, 2.05) is 0 Å². The summed E-state index contributed by atoms with van der Waals surface area (Å²) in [7, 11) is 0. The maximum Gasteiger partial charge on any atom is 0.147 e. The van der Waals surface area contributed by atoms with Gasteiger partial charge in [0.25, 0.3) is 0 Å². The third kappa shape index (κ3) is 2.14. The first-order valence-corrected chi connectivity index (χ1v) is 3.88. The minimum Gasteiger partial charge on any atom is -0.395 e. The Bertz CT molecular complexity index is 350. The molecule has 0 fully saturated rings. The molecule has 1 rings (SSSR count). The van der Waals surface area contributed by atoms with Crippen molar-refractivity contribution >= 4 is 11.6 Å². The van der Waals surface area contributed by atoms with Crippen LogP contribution in [0.15, 0.2) is 12.3 Å². The Morgan fingerprint density at radius 3 is 2.92 bits per heavy atom. The quantitative estimate of drug-likeness (QED) is 0.787. The van der Waals surface area contributed by atoms with Gasteiger partial charge in [-0.25, -0.2) is 4.39 Å². The fourth-order valence-electron chi connectivity index (χ4n) is 0.870. The van der Waals surface area contributed by atoms with Gasteiger partial charge in [-0.05, 0) is 6.07 Å². The highest BCUT2D eigenvalue weighted by molar-refractivity contribution is 6.30. The van der Waals surface area contributed by atoms with E-state index in [0.29, 0.717) is 0 Å². The van der Waals surface area contributed by atoms with Gasteiger partial charge < -0.3 is 5.11 Å². The summed E-state index contributed by atoms with van der Waals surface area (Å²) in [6, 6.07) is 2.79. The van der Waals surface area contributed by atoms with Gasteiger partial charge in [0.05, 0.1) is 23.4 Å². The summed E-state index contributed by atoms with van der Waals surface area (Å²) >= 11 is 5.46. The Kier molecular flexibility index (Phi) is 3.18. The first-order valence-electron chi connectivity index (χ1n) is 3.50. The standard InChI is InChI=1S/C8H6ClFN2O/c9-6-1-7(10)8(12-3-6)5(2-11)4-13/h1,3,5,13H,4H2. The SMILES string of the molecule is N#CC(CO)c1ncc(Cl)cc1F. The lowest BCUT2D eigenvalue weighted by Gasteiger charge is -2.05. The third-order valence-corrected chi connectivity index (χ3v) is 1.71. The second-order valence-electron chi connectivity index (χ2n) is 2.38. The Labute approximate surface area is 79.4 Å². The lowest BCUT2D eigenvalue weighted by Crippen LogP contribution is -2.06. The van der Waals surface area contributed by atoms with Crippen molar-refractivity contribution in [1.82, 2.24) is 4.98 Å². The third-order valence-electron chi connectivity index (χ3n) is 1.50. The number of aliphatic hydroxyl groups excluding tert-OH is 1. The Hall–Kier alpha value is -1.18. The van der Waals surface area contributed by atoms with Gasteiger partial charge in [0.15, 0.2) is 0 Å². The maximum absolute atomic E-state index is 13.1. The number of halogens is 2. The molecule has 0 aliphatic rings. The van der Waals surface area contributed by atoms with Crippen molar-refractivity contribution in [3.63, 3.8) is 0 Å². The van der Waals surface area contributed by atoms with E-state index in [1.165, 1.54) is 6.20 Å². The molecule has 1 N–H and O–H groups in total. The molecule has 0 amide bonds. The van der Waals surface area contributed by atoms with Crippen molar-refractivity contribution < 1.29 is 9.50 Å². The highest BCUT2D eigenvalue weighted by atomic mass is 35.5. The van der Waals surface area contributed by atoms with Crippen molar-refractivity contribution in [2.75, 3.05) is 6.61 Å². The highest BCUT2D eigenvalue weighted by Crippen LogP contribution is 2.18. The van der Waals surface area contributed by atoms with Crippen LogP contribution in [-0.2, 0) is 0 Å². The minimum atomic E-state index is -0.933. The van der Waals surface area contributed by atoms with Crippen LogP contribution in [-0.4, -0.2) is 16.7 Å². The first kappa shape index (κ1) is 9.90. The van der Waals surface area contributed by atoms with Crippen molar-refractivity contribution in [3.8, 4) is 6.07 Å². The van der Waals surface area contributed by atoms with Crippen LogP contribution in [0.2, 0.25) is 5.02 Å². The van der Waals surface area contributed by atoms with E-state index in [-0.39, 0.29) is 10.7 Å². The van der Waals surface area contributed by atoms with Crippen LogP contribution in [0.4, 0.5) is 4.39 Å². The van der Waals surface area contributed by atoms with Gasteiger partial charge in [0.2, 0.25) is 0 Å². The molecule has 1 atom stereocenters. The summed E-state index contributed by atoms with van der Waals surface area (Å²) < 4.78 is 13.1. The van der Waals surface area contributed by atoms with Gasteiger partial charge in [-0.15, -0.1) is 0 Å². The summed E-state index contributed by atoms with van der Waals surface area (Å²) in [6.45, 7) is -0.456. The van der Waals surface area contributed by atoms with E-state index in [1.54, 1.807) is 6.07 Å². The molecule has 0 saturated heterocycles. The van der Waals surface area contributed by atoms with Crippen molar-refractivity contribution in [2.24, 2.45) is 0 Å². The van der Waals surface area contributed by atoms with Crippen LogP contribution in [0.3, 0.4) is 0 Å². The predicted octanol–water partition coefficient (Wildman–Crippen LogP) is 1.47. The van der Waals surface area contributed by atoms with E-state index in [2.05, 4.69) is 4.98 Å². The molecule has 13 heavy (non-hydrogen) atoms. The second-order valence-corrected chi connectivity index (χ2v) is 2.82. The minimum absolute atomic E-state index is 0.0746. The number of nitriles is 1. The zero-order chi connectivity index (χ0) is 9.84. The molecule has 5 heteroatoms. The smallest absolute Gasteiger partial charge is 0.147 e. The molecular weight excluding hydrogens is 195 g/mol. The highest BCUT2D eigenvalue weighted by Gasteiger charge is 2.15. The summed E-state index contributed by atoms with van der Waals surface area (Å²) in [4.78, 5) is 3.63. The van der Waals surface area contributed by atoms with Gasteiger partial charge in [0, 0.05) is 6.20 Å². The number of nitrogens with zero attached hydrogens (tertiary/aromatic N) is 2. The zero-order valence-electron chi connectivity index (χ0n) is 6.54.